The molecule has 2 atom stereocenters. The van der Waals surface area contributed by atoms with Gasteiger partial charge in [0.15, 0.2) is 0 Å². The fourth-order valence-electron chi connectivity index (χ4n) is 1.42. The molecule has 0 saturated carbocycles. The lowest BCUT2D eigenvalue weighted by Gasteiger charge is -2.17. The highest BCUT2D eigenvalue weighted by Crippen LogP contribution is 2.25. The topological polar surface area (TPSA) is 37.3 Å². The van der Waals surface area contributed by atoms with E-state index in [0.29, 0.717) is 0 Å². The van der Waals surface area contributed by atoms with E-state index in [0.717, 1.165) is 5.56 Å². The van der Waals surface area contributed by atoms with Crippen LogP contribution in [0.3, 0.4) is 0 Å². The average molecular weight is 192 g/mol. The fraction of sp³-hybridized carbons (Fsp3) is 0.417. The molecule has 0 aliphatic heterocycles. The van der Waals surface area contributed by atoms with Gasteiger partial charge in [0.2, 0.25) is 0 Å². The van der Waals surface area contributed by atoms with Crippen molar-refractivity contribution in [2.45, 2.75) is 26.7 Å². The summed E-state index contributed by atoms with van der Waals surface area (Å²) in [4.78, 5) is 11.2. The second-order valence-corrected chi connectivity index (χ2v) is 3.78. The highest BCUT2D eigenvalue weighted by molar-refractivity contribution is 5.78. The van der Waals surface area contributed by atoms with E-state index in [1.54, 1.807) is 19.1 Å². The van der Waals surface area contributed by atoms with Crippen LogP contribution < -0.4 is 0 Å². The molecule has 2 unspecified atom stereocenters. The molecule has 0 aromatic heterocycles. The zero-order valence-electron chi connectivity index (χ0n) is 8.82. The van der Waals surface area contributed by atoms with Gasteiger partial charge in [0.1, 0.15) is 11.5 Å². The molecule has 1 rings (SSSR count). The number of rotatable bonds is 3. The Balaban J connectivity index is 2.84. The Morgan fingerprint density at radius 2 is 1.71 bits per heavy atom. The predicted octanol–water partition coefficient (Wildman–Crippen LogP) is 2.72. The molecule has 1 aromatic rings. The average Bonchev–Trinajstić information content (AvgIpc) is 2.16. The van der Waals surface area contributed by atoms with Gasteiger partial charge in [-0.2, -0.15) is 0 Å². The molecule has 0 heterocycles. The lowest BCUT2D eigenvalue weighted by molar-refractivity contribution is -0.120. The summed E-state index contributed by atoms with van der Waals surface area (Å²) >= 11 is 0. The Hall–Kier alpha value is -1.31. The first-order valence-electron chi connectivity index (χ1n) is 4.81. The van der Waals surface area contributed by atoms with E-state index in [4.69, 9.17) is 5.11 Å². The normalized spacial score (nSPS) is 14.8. The van der Waals surface area contributed by atoms with Gasteiger partial charge < -0.3 is 5.11 Å². The SMILES string of the molecule is CC(=O)C(C)C(C)c1ccc(O)cc1. The standard InChI is InChI=1S/C12H16O2/c1-8(10(3)13)9(2)11-4-6-12(14)7-5-11/h4-9,14H,1-3H3. The third kappa shape index (κ3) is 2.34. The van der Waals surface area contributed by atoms with Crippen LogP contribution in [0.1, 0.15) is 32.3 Å². The van der Waals surface area contributed by atoms with Crippen LogP contribution in [0, 0.1) is 5.92 Å². The summed E-state index contributed by atoms with van der Waals surface area (Å²) in [6, 6.07) is 7.02. The fourth-order valence-corrected chi connectivity index (χ4v) is 1.42. The van der Waals surface area contributed by atoms with Crippen molar-refractivity contribution in [3.63, 3.8) is 0 Å². The van der Waals surface area contributed by atoms with Crippen LogP contribution >= 0.6 is 0 Å². The molecule has 1 aromatic carbocycles. The summed E-state index contributed by atoms with van der Waals surface area (Å²) in [6.07, 6.45) is 0. The molecule has 2 heteroatoms. The maximum Gasteiger partial charge on any atom is 0.133 e. The van der Waals surface area contributed by atoms with Crippen molar-refractivity contribution in [1.29, 1.82) is 0 Å². The van der Waals surface area contributed by atoms with Crippen LogP contribution in [0.4, 0.5) is 0 Å². The number of phenols is 1. The monoisotopic (exact) mass is 192 g/mol. The molecule has 0 aliphatic carbocycles. The maximum atomic E-state index is 11.2. The van der Waals surface area contributed by atoms with Crippen molar-refractivity contribution in [3.05, 3.63) is 29.8 Å². The number of benzene rings is 1. The van der Waals surface area contributed by atoms with Crippen LogP contribution in [0.15, 0.2) is 24.3 Å². The van der Waals surface area contributed by atoms with Crippen molar-refractivity contribution < 1.29 is 9.90 Å². The Morgan fingerprint density at radius 1 is 1.21 bits per heavy atom. The lowest BCUT2D eigenvalue weighted by Crippen LogP contribution is -2.14. The maximum absolute atomic E-state index is 11.2. The molecule has 0 spiro atoms. The summed E-state index contributed by atoms with van der Waals surface area (Å²) in [7, 11) is 0. The highest BCUT2D eigenvalue weighted by Gasteiger charge is 2.17. The molecule has 2 nitrogen and oxygen atoms in total. The van der Waals surface area contributed by atoms with Crippen LogP contribution in [-0.2, 0) is 4.79 Å². The molecule has 0 aliphatic rings. The predicted molar refractivity (Wildman–Crippen MR) is 56.4 cm³/mol. The molecular weight excluding hydrogens is 176 g/mol. The van der Waals surface area contributed by atoms with E-state index >= 15 is 0 Å². The van der Waals surface area contributed by atoms with Gasteiger partial charge in [-0.3, -0.25) is 4.79 Å². The minimum absolute atomic E-state index is 0.0274. The molecule has 0 amide bonds. The molecule has 0 fully saturated rings. The van der Waals surface area contributed by atoms with Crippen molar-refractivity contribution in [2.24, 2.45) is 5.92 Å². The Kier molecular flexibility index (Phi) is 3.28. The van der Waals surface area contributed by atoms with Crippen molar-refractivity contribution in [3.8, 4) is 5.75 Å². The van der Waals surface area contributed by atoms with Gasteiger partial charge in [-0.15, -0.1) is 0 Å². The van der Waals surface area contributed by atoms with Crippen LogP contribution in [-0.4, -0.2) is 10.9 Å². The van der Waals surface area contributed by atoms with Crippen LogP contribution in [0.2, 0.25) is 0 Å². The van der Waals surface area contributed by atoms with Gasteiger partial charge in [0.25, 0.3) is 0 Å². The number of hydrogen-bond donors (Lipinski definition) is 1. The van der Waals surface area contributed by atoms with Crippen molar-refractivity contribution in [2.75, 3.05) is 0 Å². The van der Waals surface area contributed by atoms with E-state index in [9.17, 15) is 4.79 Å². The van der Waals surface area contributed by atoms with Crippen molar-refractivity contribution in [1.82, 2.24) is 0 Å². The zero-order valence-corrected chi connectivity index (χ0v) is 8.82. The van der Waals surface area contributed by atoms with Gasteiger partial charge in [-0.1, -0.05) is 26.0 Å². The van der Waals surface area contributed by atoms with E-state index < -0.39 is 0 Å². The number of aromatic hydroxyl groups is 1. The molecule has 14 heavy (non-hydrogen) atoms. The van der Waals surface area contributed by atoms with E-state index in [2.05, 4.69) is 0 Å². The number of ketones is 1. The smallest absolute Gasteiger partial charge is 0.133 e. The lowest BCUT2D eigenvalue weighted by atomic mass is 9.87. The molecule has 0 radical (unpaired) electrons. The van der Waals surface area contributed by atoms with Crippen LogP contribution in [0.5, 0.6) is 5.75 Å². The first-order valence-corrected chi connectivity index (χ1v) is 4.81. The van der Waals surface area contributed by atoms with E-state index in [1.807, 2.05) is 26.0 Å². The van der Waals surface area contributed by atoms with Crippen molar-refractivity contribution >= 4 is 5.78 Å². The summed E-state index contributed by atoms with van der Waals surface area (Å²) in [6.45, 7) is 5.57. The Labute approximate surface area is 84.6 Å². The molecule has 0 bridgehead atoms. The minimum Gasteiger partial charge on any atom is -0.508 e. The second kappa shape index (κ2) is 4.27. The Morgan fingerprint density at radius 3 is 2.14 bits per heavy atom. The molecule has 76 valence electrons. The number of phenolic OH excluding ortho intramolecular Hbond substituents is 1. The van der Waals surface area contributed by atoms with Crippen LogP contribution in [0.25, 0.3) is 0 Å². The summed E-state index contributed by atoms with van der Waals surface area (Å²) < 4.78 is 0. The number of carbonyl (C=O) groups excluding carboxylic acids is 1. The number of hydrogen-bond acceptors (Lipinski definition) is 2. The molecular formula is C12H16O2. The quantitative estimate of drug-likeness (QED) is 0.799. The van der Waals surface area contributed by atoms with Gasteiger partial charge in [0.05, 0.1) is 0 Å². The summed E-state index contributed by atoms with van der Waals surface area (Å²) in [5, 5.41) is 9.12. The first-order chi connectivity index (χ1) is 6.52. The zero-order chi connectivity index (χ0) is 10.7. The number of Topliss-reactive ketones (excluding diaryl/α,β-unsaturated/α-hetero) is 1. The van der Waals surface area contributed by atoms with E-state index in [1.165, 1.54) is 0 Å². The third-order valence-electron chi connectivity index (χ3n) is 2.81. The van der Waals surface area contributed by atoms with Gasteiger partial charge in [-0.25, -0.2) is 0 Å². The van der Waals surface area contributed by atoms with Gasteiger partial charge >= 0.3 is 0 Å². The van der Waals surface area contributed by atoms with Gasteiger partial charge in [0, 0.05) is 5.92 Å². The molecule has 1 N–H and O–H groups in total. The highest BCUT2D eigenvalue weighted by atomic mass is 16.3. The largest absolute Gasteiger partial charge is 0.508 e. The van der Waals surface area contributed by atoms with Gasteiger partial charge in [-0.05, 0) is 30.5 Å². The number of carbonyl (C=O) groups is 1. The minimum atomic E-state index is 0.0274. The molecule has 0 saturated heterocycles. The van der Waals surface area contributed by atoms with E-state index in [-0.39, 0.29) is 23.4 Å². The second-order valence-electron chi connectivity index (χ2n) is 3.78. The first kappa shape index (κ1) is 10.8. The third-order valence-corrected chi connectivity index (χ3v) is 2.81. The summed E-state index contributed by atoms with van der Waals surface area (Å²) in [5.41, 5.74) is 1.09. The Bertz CT molecular complexity index is 314. The summed E-state index contributed by atoms with van der Waals surface area (Å²) in [5.74, 6) is 0.689.